The lowest BCUT2D eigenvalue weighted by Gasteiger charge is -2.17. The van der Waals surface area contributed by atoms with E-state index in [1.54, 1.807) is 11.3 Å². The van der Waals surface area contributed by atoms with Gasteiger partial charge < -0.3 is 10.3 Å². The van der Waals surface area contributed by atoms with E-state index in [4.69, 9.17) is 4.98 Å². The van der Waals surface area contributed by atoms with E-state index in [2.05, 4.69) is 38.0 Å². The lowest BCUT2D eigenvalue weighted by atomic mass is 9.89. The van der Waals surface area contributed by atoms with Crippen LogP contribution in [0.2, 0.25) is 0 Å². The number of H-pyrrole nitrogens is 1. The average molecular weight is 319 g/mol. The predicted octanol–water partition coefficient (Wildman–Crippen LogP) is 3.42. The molecular formula is C17H25N3OS. The van der Waals surface area contributed by atoms with Crippen LogP contribution in [0.3, 0.4) is 0 Å². The van der Waals surface area contributed by atoms with E-state index in [-0.39, 0.29) is 11.6 Å². The molecule has 2 atom stereocenters. The van der Waals surface area contributed by atoms with E-state index >= 15 is 0 Å². The number of aryl methyl sites for hydroxylation is 1. The second-order valence-corrected chi connectivity index (χ2v) is 8.09. The summed E-state index contributed by atoms with van der Waals surface area (Å²) in [5.74, 6) is 2.05. The lowest BCUT2D eigenvalue weighted by Crippen LogP contribution is -2.26. The number of nitrogens with one attached hydrogen (secondary N) is 2. The van der Waals surface area contributed by atoms with Gasteiger partial charge in [-0.05, 0) is 50.1 Å². The van der Waals surface area contributed by atoms with Crippen LogP contribution in [0.1, 0.15) is 56.4 Å². The summed E-state index contributed by atoms with van der Waals surface area (Å²) in [6.45, 7) is 9.61. The summed E-state index contributed by atoms with van der Waals surface area (Å²) >= 11 is 1.71. The summed E-state index contributed by atoms with van der Waals surface area (Å²) in [6.07, 6.45) is 3.28. The first kappa shape index (κ1) is 15.7. The fraction of sp³-hybridized carbons (Fsp3) is 0.647. The molecule has 0 radical (unpaired) electrons. The lowest BCUT2D eigenvalue weighted by molar-refractivity contribution is 0.482. The van der Waals surface area contributed by atoms with Crippen LogP contribution < -0.4 is 10.9 Å². The van der Waals surface area contributed by atoms with Gasteiger partial charge in [0.2, 0.25) is 0 Å². The number of hydrogen-bond acceptors (Lipinski definition) is 4. The molecule has 0 fully saturated rings. The normalized spacial score (nSPS) is 19.6. The van der Waals surface area contributed by atoms with Crippen molar-refractivity contribution in [2.24, 2.45) is 11.8 Å². The number of hydrogen-bond donors (Lipinski definition) is 2. The van der Waals surface area contributed by atoms with E-state index < -0.39 is 0 Å². The summed E-state index contributed by atoms with van der Waals surface area (Å²) in [5, 5.41) is 4.27. The van der Waals surface area contributed by atoms with Crippen molar-refractivity contribution in [3.8, 4) is 0 Å². The smallest absolute Gasteiger partial charge is 0.259 e. The third-order valence-corrected chi connectivity index (χ3v) is 5.57. The summed E-state index contributed by atoms with van der Waals surface area (Å²) in [7, 11) is 0. The van der Waals surface area contributed by atoms with Gasteiger partial charge in [-0.1, -0.05) is 20.8 Å². The van der Waals surface area contributed by atoms with Gasteiger partial charge in [-0.15, -0.1) is 11.3 Å². The maximum atomic E-state index is 12.5. The van der Waals surface area contributed by atoms with Gasteiger partial charge in [0, 0.05) is 4.88 Å². The molecule has 0 unspecified atom stereocenters. The molecule has 22 heavy (non-hydrogen) atoms. The standard InChI is InChI=1S/C17H25N3OS/c1-9(2)8-18-11(4)15-19-16(21)14-12-6-5-10(3)7-13(12)22-17(14)20-15/h9-11,18H,5-8H2,1-4H3,(H,19,20,21)/t10-,11+/m0/s1. The largest absolute Gasteiger partial charge is 0.309 e. The molecule has 1 aliphatic carbocycles. The van der Waals surface area contributed by atoms with Gasteiger partial charge in [0.25, 0.3) is 5.56 Å². The van der Waals surface area contributed by atoms with Crippen molar-refractivity contribution in [2.45, 2.75) is 53.0 Å². The van der Waals surface area contributed by atoms with E-state index in [1.165, 1.54) is 16.9 Å². The van der Waals surface area contributed by atoms with Crippen molar-refractivity contribution in [1.29, 1.82) is 0 Å². The highest BCUT2D eigenvalue weighted by Gasteiger charge is 2.23. The Kier molecular flexibility index (Phi) is 4.37. The highest BCUT2D eigenvalue weighted by atomic mass is 32.1. The zero-order chi connectivity index (χ0) is 15.9. The minimum absolute atomic E-state index is 0.0326. The van der Waals surface area contributed by atoms with E-state index in [1.807, 2.05) is 0 Å². The minimum Gasteiger partial charge on any atom is -0.309 e. The average Bonchev–Trinajstić information content (AvgIpc) is 2.82. The zero-order valence-electron chi connectivity index (χ0n) is 13.8. The summed E-state index contributed by atoms with van der Waals surface area (Å²) < 4.78 is 0. The van der Waals surface area contributed by atoms with Crippen LogP contribution in [0.5, 0.6) is 0 Å². The molecule has 0 aliphatic heterocycles. The van der Waals surface area contributed by atoms with Gasteiger partial charge in [-0.25, -0.2) is 4.98 Å². The molecule has 0 saturated carbocycles. The Hall–Kier alpha value is -1.20. The third-order valence-electron chi connectivity index (χ3n) is 4.43. The number of nitrogens with zero attached hydrogens (tertiary/aromatic N) is 1. The highest BCUT2D eigenvalue weighted by molar-refractivity contribution is 7.18. The van der Waals surface area contributed by atoms with Crippen LogP contribution >= 0.6 is 11.3 Å². The SMILES string of the molecule is CC(C)CN[C@H](C)c1nc2sc3c(c2c(=O)[nH]1)CC[C@H](C)C3. The molecule has 4 nitrogen and oxygen atoms in total. The molecule has 0 aromatic carbocycles. The van der Waals surface area contributed by atoms with Crippen LogP contribution in [0.4, 0.5) is 0 Å². The monoisotopic (exact) mass is 319 g/mol. The van der Waals surface area contributed by atoms with Crippen molar-refractivity contribution < 1.29 is 0 Å². The van der Waals surface area contributed by atoms with Gasteiger partial charge in [0.05, 0.1) is 11.4 Å². The first-order valence-corrected chi connectivity index (χ1v) is 9.05. The van der Waals surface area contributed by atoms with Crippen molar-refractivity contribution in [2.75, 3.05) is 6.54 Å². The summed E-state index contributed by atoms with van der Waals surface area (Å²) in [6, 6.07) is 0.0672. The molecule has 2 heterocycles. The molecule has 3 rings (SSSR count). The Bertz CT molecular complexity index is 731. The first-order chi connectivity index (χ1) is 10.5. The maximum absolute atomic E-state index is 12.5. The Morgan fingerprint density at radius 2 is 2.18 bits per heavy atom. The van der Waals surface area contributed by atoms with Crippen molar-refractivity contribution >= 4 is 21.6 Å². The van der Waals surface area contributed by atoms with Crippen LogP contribution in [0, 0.1) is 11.8 Å². The third kappa shape index (κ3) is 2.97. The van der Waals surface area contributed by atoms with E-state index in [0.717, 1.165) is 35.4 Å². The number of aromatic nitrogens is 2. The highest BCUT2D eigenvalue weighted by Crippen LogP contribution is 2.35. The van der Waals surface area contributed by atoms with Gasteiger partial charge in [0.15, 0.2) is 0 Å². The number of aromatic amines is 1. The van der Waals surface area contributed by atoms with E-state index in [9.17, 15) is 4.79 Å². The van der Waals surface area contributed by atoms with Gasteiger partial charge >= 0.3 is 0 Å². The Labute approximate surface area is 135 Å². The number of fused-ring (bicyclic) bond motifs is 3. The molecule has 0 saturated heterocycles. The van der Waals surface area contributed by atoms with Gasteiger partial charge in [-0.3, -0.25) is 4.79 Å². The molecule has 2 aromatic rings. The Morgan fingerprint density at radius 3 is 2.91 bits per heavy atom. The number of rotatable bonds is 4. The second-order valence-electron chi connectivity index (χ2n) is 7.01. The van der Waals surface area contributed by atoms with Crippen LogP contribution in [-0.4, -0.2) is 16.5 Å². The van der Waals surface area contributed by atoms with Gasteiger partial charge in [0.1, 0.15) is 10.7 Å². The Balaban J connectivity index is 1.97. The van der Waals surface area contributed by atoms with Crippen LogP contribution in [-0.2, 0) is 12.8 Å². The fourth-order valence-corrected chi connectivity index (χ4v) is 4.47. The maximum Gasteiger partial charge on any atom is 0.259 e. The summed E-state index contributed by atoms with van der Waals surface area (Å²) in [4.78, 5) is 22.6. The van der Waals surface area contributed by atoms with Gasteiger partial charge in [-0.2, -0.15) is 0 Å². The fourth-order valence-electron chi connectivity index (χ4n) is 3.08. The first-order valence-electron chi connectivity index (χ1n) is 8.23. The molecule has 2 N–H and O–H groups in total. The molecule has 0 bridgehead atoms. The van der Waals surface area contributed by atoms with Crippen molar-refractivity contribution in [3.05, 3.63) is 26.6 Å². The zero-order valence-corrected chi connectivity index (χ0v) is 14.6. The minimum atomic E-state index is 0.0326. The van der Waals surface area contributed by atoms with Crippen LogP contribution in [0.25, 0.3) is 10.2 Å². The molecule has 0 amide bonds. The predicted molar refractivity (Wildman–Crippen MR) is 92.7 cm³/mol. The quantitative estimate of drug-likeness (QED) is 0.908. The number of thiophene rings is 1. The molecular weight excluding hydrogens is 294 g/mol. The van der Waals surface area contributed by atoms with E-state index in [0.29, 0.717) is 11.8 Å². The molecule has 120 valence electrons. The van der Waals surface area contributed by atoms with Crippen LogP contribution in [0.15, 0.2) is 4.79 Å². The van der Waals surface area contributed by atoms with Crippen molar-refractivity contribution in [1.82, 2.24) is 15.3 Å². The van der Waals surface area contributed by atoms with Crippen molar-refractivity contribution in [3.63, 3.8) is 0 Å². The molecule has 5 heteroatoms. The molecule has 0 spiro atoms. The molecule has 2 aromatic heterocycles. The topological polar surface area (TPSA) is 57.8 Å². The Morgan fingerprint density at radius 1 is 1.41 bits per heavy atom. The second kappa shape index (κ2) is 6.13. The molecule has 1 aliphatic rings. The summed E-state index contributed by atoms with van der Waals surface area (Å²) in [5.41, 5.74) is 1.28.